The summed E-state index contributed by atoms with van der Waals surface area (Å²) in [7, 11) is 0. The van der Waals surface area contributed by atoms with Gasteiger partial charge < -0.3 is 37.1 Å². The third kappa shape index (κ3) is 12.5. The van der Waals surface area contributed by atoms with Gasteiger partial charge in [-0.3, -0.25) is 19.2 Å². The fourth-order valence-corrected chi connectivity index (χ4v) is 6.53. The molecule has 8 N–H and O–H groups in total. The minimum atomic E-state index is -0.554. The van der Waals surface area contributed by atoms with E-state index in [1.807, 2.05) is 43.3 Å². The minimum absolute atomic E-state index is 0.135. The van der Waals surface area contributed by atoms with E-state index in [-0.39, 0.29) is 23.4 Å². The van der Waals surface area contributed by atoms with Crippen LogP contribution in [0.5, 0.6) is 0 Å². The maximum Gasteiger partial charge on any atom is 0.407 e. The molecule has 0 radical (unpaired) electrons. The Balaban J connectivity index is 0.000000230. The first-order chi connectivity index (χ1) is 28.0. The largest absolute Gasteiger partial charge is 0.444 e. The first-order valence-corrected chi connectivity index (χ1v) is 19.9. The number of amides is 3. The summed E-state index contributed by atoms with van der Waals surface area (Å²) < 4.78 is 5.21. The van der Waals surface area contributed by atoms with E-state index in [9.17, 15) is 24.0 Å². The molecule has 0 aromatic heterocycles. The molecule has 12 nitrogen and oxygen atoms in total. The quantitative estimate of drug-likeness (QED) is 0.0865. The van der Waals surface area contributed by atoms with Gasteiger partial charge in [0.2, 0.25) is 0 Å². The van der Waals surface area contributed by atoms with Gasteiger partial charge in [-0.25, -0.2) is 4.79 Å². The van der Waals surface area contributed by atoms with E-state index in [0.717, 1.165) is 39.4 Å². The fourth-order valence-electron chi connectivity index (χ4n) is 6.07. The Kier molecular flexibility index (Phi) is 14.7. The van der Waals surface area contributed by atoms with Crippen molar-refractivity contribution in [2.75, 3.05) is 21.3 Å². The van der Waals surface area contributed by atoms with Crippen LogP contribution < -0.4 is 32.3 Å². The Morgan fingerprint density at radius 1 is 0.644 bits per heavy atom. The Bertz CT molecular complexity index is 2310. The molecule has 0 unspecified atom stereocenters. The van der Waals surface area contributed by atoms with Gasteiger partial charge in [-0.05, 0) is 114 Å². The molecule has 0 aliphatic heterocycles. The summed E-state index contributed by atoms with van der Waals surface area (Å²) in [5.41, 5.74) is 12.0. The highest BCUT2D eigenvalue weighted by Crippen LogP contribution is 2.31. The van der Waals surface area contributed by atoms with Gasteiger partial charge in [0.05, 0.1) is 28.0 Å². The number of nitrogens with one attached hydrogen (secondary N) is 5. The number of halogens is 2. The van der Waals surface area contributed by atoms with Crippen molar-refractivity contribution < 1.29 is 34.4 Å². The van der Waals surface area contributed by atoms with E-state index < -0.39 is 11.7 Å². The topological polar surface area (TPSA) is 182 Å². The number of alkyl carbamates (subject to hydrolysis) is 1. The average Bonchev–Trinajstić information content (AvgIpc) is 3.69. The summed E-state index contributed by atoms with van der Waals surface area (Å²) in [6.45, 7) is 10.0. The normalized spacial score (nSPS) is 13.8. The lowest BCUT2D eigenvalue weighted by molar-refractivity contribution is -0.386. The maximum absolute atomic E-state index is 12.6. The monoisotopic (exact) mass is 839 g/mol. The first kappa shape index (κ1) is 44.2. The van der Waals surface area contributed by atoms with Crippen LogP contribution in [0.25, 0.3) is 0 Å². The molecular weight excluding hydrogens is 791 g/mol. The summed E-state index contributed by atoms with van der Waals surface area (Å²) in [5, 5.41) is 15.6. The van der Waals surface area contributed by atoms with Crippen LogP contribution in [0.1, 0.15) is 92.1 Å². The summed E-state index contributed by atoms with van der Waals surface area (Å²) in [6.07, 6.45) is 1.89. The van der Waals surface area contributed by atoms with Crippen molar-refractivity contribution in [1.29, 1.82) is 0 Å². The van der Waals surface area contributed by atoms with Crippen LogP contribution in [0.15, 0.2) is 107 Å². The third-order valence-corrected chi connectivity index (χ3v) is 10.2. The van der Waals surface area contributed by atoms with Gasteiger partial charge in [0.15, 0.2) is 11.6 Å². The third-order valence-electron chi connectivity index (χ3n) is 9.53. The van der Waals surface area contributed by atoms with Gasteiger partial charge in [-0.1, -0.05) is 47.5 Å². The molecule has 4 aromatic carbocycles. The van der Waals surface area contributed by atoms with E-state index in [2.05, 4.69) is 32.3 Å². The number of rotatable bonds is 11. The number of hydrogen-bond donors (Lipinski definition) is 6. The Labute approximate surface area is 353 Å². The first-order valence-electron chi connectivity index (χ1n) is 19.2. The van der Waals surface area contributed by atoms with Crippen LogP contribution >= 0.6 is 23.2 Å². The van der Waals surface area contributed by atoms with Crippen molar-refractivity contribution in [2.24, 2.45) is 0 Å². The molecular formula is C45H49Cl2N6O6+. The van der Waals surface area contributed by atoms with Gasteiger partial charge in [-0.2, -0.15) is 0 Å². The highest BCUT2D eigenvalue weighted by Gasteiger charge is 2.22. The molecule has 2 aliphatic rings. The van der Waals surface area contributed by atoms with Crippen molar-refractivity contribution in [3.63, 3.8) is 0 Å². The second-order valence-corrected chi connectivity index (χ2v) is 15.9. The zero-order valence-electron chi connectivity index (χ0n) is 33.7. The lowest BCUT2D eigenvalue weighted by Crippen LogP contribution is -2.47. The number of benzene rings is 4. The second kappa shape index (κ2) is 19.7. The van der Waals surface area contributed by atoms with Crippen molar-refractivity contribution in [3.8, 4) is 0 Å². The predicted octanol–water partition coefficient (Wildman–Crippen LogP) is 9.05. The molecule has 2 aliphatic carbocycles. The SMILES string of the molecule is CC1=C(Nc2ccc(C(=O)Nc3ccc(CNC(=O)OC(C)(C)C)cc3)cc2Cl)CCC1=O.CC1=C(Nc2ccc(C(=O)Nc3ccc(C[NH3+])cc3)cc2Cl)CCC1=O. The lowest BCUT2D eigenvalue weighted by atomic mass is 10.1. The summed E-state index contributed by atoms with van der Waals surface area (Å²) in [6, 6.07) is 24.8. The van der Waals surface area contributed by atoms with E-state index in [4.69, 9.17) is 27.9 Å². The second-order valence-electron chi connectivity index (χ2n) is 15.1. The Morgan fingerprint density at radius 2 is 1.07 bits per heavy atom. The van der Waals surface area contributed by atoms with Crippen LogP contribution in [0, 0.1) is 0 Å². The van der Waals surface area contributed by atoms with Crippen LogP contribution in [-0.2, 0) is 27.4 Å². The molecule has 0 spiro atoms. The van der Waals surface area contributed by atoms with Gasteiger partial charge >= 0.3 is 6.09 Å². The summed E-state index contributed by atoms with van der Waals surface area (Å²) in [4.78, 5) is 60.1. The number of anilines is 4. The lowest BCUT2D eigenvalue weighted by Gasteiger charge is -2.19. The molecule has 4 aromatic rings. The zero-order valence-corrected chi connectivity index (χ0v) is 35.2. The van der Waals surface area contributed by atoms with Crippen molar-refractivity contribution in [2.45, 2.75) is 79.0 Å². The van der Waals surface area contributed by atoms with Crippen LogP contribution in [0.3, 0.4) is 0 Å². The molecule has 0 fully saturated rings. The van der Waals surface area contributed by atoms with Crippen LogP contribution in [-0.4, -0.2) is 35.1 Å². The van der Waals surface area contributed by atoms with E-state index >= 15 is 0 Å². The number of hydrogen-bond acceptors (Lipinski definition) is 8. The fraction of sp³-hybridized carbons (Fsp3) is 0.267. The molecule has 14 heteroatoms. The Morgan fingerprint density at radius 3 is 1.42 bits per heavy atom. The number of ether oxygens (including phenoxy) is 1. The molecule has 0 saturated heterocycles. The molecule has 0 saturated carbocycles. The van der Waals surface area contributed by atoms with Crippen molar-refractivity contribution in [3.05, 3.63) is 140 Å². The number of Topliss-reactive ketones (excluding diaryl/α,β-unsaturated/α-hetero) is 2. The summed E-state index contributed by atoms with van der Waals surface area (Å²) in [5.74, 6) is -0.234. The van der Waals surface area contributed by atoms with Gasteiger partial charge in [0.25, 0.3) is 11.8 Å². The molecule has 3 amide bonds. The number of ketones is 2. The maximum atomic E-state index is 12.6. The summed E-state index contributed by atoms with van der Waals surface area (Å²) >= 11 is 12.7. The van der Waals surface area contributed by atoms with E-state index in [0.29, 0.717) is 77.0 Å². The van der Waals surface area contributed by atoms with Gasteiger partial charge in [0.1, 0.15) is 5.60 Å². The van der Waals surface area contributed by atoms with Gasteiger partial charge in [0, 0.05) is 70.0 Å². The molecule has 6 rings (SSSR count). The Hall–Kier alpha value is -5.95. The van der Waals surface area contributed by atoms with Crippen molar-refractivity contribution in [1.82, 2.24) is 5.32 Å². The molecule has 0 atom stereocenters. The zero-order chi connectivity index (χ0) is 42.9. The van der Waals surface area contributed by atoms with Gasteiger partial charge in [-0.15, -0.1) is 0 Å². The van der Waals surface area contributed by atoms with Crippen LogP contribution in [0.4, 0.5) is 27.5 Å². The number of carbonyl (C=O) groups is 5. The number of allylic oxidation sites excluding steroid dienone is 4. The van der Waals surface area contributed by atoms with Crippen LogP contribution in [0.2, 0.25) is 10.0 Å². The minimum Gasteiger partial charge on any atom is -0.444 e. The molecule has 308 valence electrons. The molecule has 0 heterocycles. The predicted molar refractivity (Wildman–Crippen MR) is 232 cm³/mol. The average molecular weight is 841 g/mol. The highest BCUT2D eigenvalue weighted by molar-refractivity contribution is 6.34. The highest BCUT2D eigenvalue weighted by atomic mass is 35.5. The number of carbonyl (C=O) groups excluding carboxylic acids is 5. The number of quaternary nitrogens is 1. The standard InChI is InChI=1S/C25H28ClN3O4.C20H20ClN3O2/c1-15-20(11-12-22(15)30)29-21-10-7-17(13-19(21)26)23(31)28-18-8-5-16(6-9-18)14-27-24(32)33-25(2,3)4;1-12-17(8-9-19(12)25)24-18-7-4-14(10-16(18)21)20(26)23-15-5-2-13(11-22)3-6-15/h5-10,13,29H,11-12,14H2,1-4H3,(H,27,32)(H,28,31);2-7,10,24H,8-9,11,22H2,1H3,(H,23,26)/p+1. The van der Waals surface area contributed by atoms with E-state index in [1.54, 1.807) is 76.2 Å². The molecule has 0 bridgehead atoms. The molecule has 59 heavy (non-hydrogen) atoms. The van der Waals surface area contributed by atoms with Crippen molar-refractivity contribution >= 4 is 75.4 Å². The smallest absolute Gasteiger partial charge is 0.407 e. The van der Waals surface area contributed by atoms with E-state index in [1.165, 1.54) is 0 Å².